The van der Waals surface area contributed by atoms with Gasteiger partial charge in [-0.3, -0.25) is 4.79 Å². The Morgan fingerprint density at radius 2 is 1.57 bits per heavy atom. The second-order valence-corrected chi connectivity index (χ2v) is 6.18. The van der Waals surface area contributed by atoms with Crippen LogP contribution >= 0.6 is 0 Å². The summed E-state index contributed by atoms with van der Waals surface area (Å²) in [6, 6.07) is 12.6. The van der Waals surface area contributed by atoms with Crippen molar-refractivity contribution in [1.29, 1.82) is 0 Å². The number of hydrogen-bond acceptors (Lipinski definition) is 8. The summed E-state index contributed by atoms with van der Waals surface area (Å²) in [5.74, 6) is -2.04. The van der Waals surface area contributed by atoms with Crippen LogP contribution in [0.1, 0.15) is 41.5 Å². The van der Waals surface area contributed by atoms with Crippen molar-refractivity contribution < 1.29 is 29.0 Å². The number of para-hydroxylation sites is 1. The Balaban J connectivity index is 0.000000311. The summed E-state index contributed by atoms with van der Waals surface area (Å²) in [4.78, 5) is 35.3. The van der Waals surface area contributed by atoms with Gasteiger partial charge in [0.1, 0.15) is 17.9 Å². The van der Waals surface area contributed by atoms with Crippen molar-refractivity contribution in [3.8, 4) is 5.75 Å². The highest BCUT2D eigenvalue weighted by molar-refractivity contribution is 5.98. The van der Waals surface area contributed by atoms with E-state index in [0.717, 1.165) is 26.6 Å². The van der Waals surface area contributed by atoms with E-state index < -0.39 is 11.9 Å². The number of anilines is 1. The van der Waals surface area contributed by atoms with Gasteiger partial charge in [0.25, 0.3) is 0 Å². The number of ether oxygens (including phenoxy) is 2. The number of phenolic OH excluding ortho intramolecular Hbond substituents is 1. The molecule has 30 heavy (non-hydrogen) atoms. The first-order chi connectivity index (χ1) is 14.3. The largest absolute Gasteiger partial charge is 0.507 e. The van der Waals surface area contributed by atoms with Crippen LogP contribution in [0, 0.1) is 0 Å². The molecule has 0 aliphatic rings. The molecule has 0 aromatic heterocycles. The number of esters is 3. The minimum atomic E-state index is -0.842. The summed E-state index contributed by atoms with van der Waals surface area (Å²) in [6.45, 7) is 8.43. The molecule has 0 atom stereocenters. The van der Waals surface area contributed by atoms with E-state index in [1.165, 1.54) is 12.1 Å². The van der Waals surface area contributed by atoms with Crippen molar-refractivity contribution in [3.05, 3.63) is 59.7 Å². The third-order valence-electron chi connectivity index (χ3n) is 4.04. The zero-order valence-electron chi connectivity index (χ0n) is 17.5. The predicted octanol–water partition coefficient (Wildman–Crippen LogP) is 2.86. The van der Waals surface area contributed by atoms with Gasteiger partial charge in [-0.2, -0.15) is 0 Å². The van der Waals surface area contributed by atoms with E-state index in [1.807, 2.05) is 0 Å². The highest BCUT2D eigenvalue weighted by Gasteiger charge is 2.13. The molecule has 0 fully saturated rings. The van der Waals surface area contributed by atoms with Crippen LogP contribution in [-0.2, 0) is 14.3 Å². The molecule has 2 aromatic rings. The molecule has 0 aliphatic carbocycles. The predicted molar refractivity (Wildman–Crippen MR) is 113 cm³/mol. The number of likely N-dealkylation sites (N-methyl/N-ethyl adjacent to an activating group) is 1. The number of carbonyl (C=O) groups is 3. The Labute approximate surface area is 176 Å². The van der Waals surface area contributed by atoms with E-state index in [1.54, 1.807) is 36.4 Å². The molecule has 0 heterocycles. The van der Waals surface area contributed by atoms with Crippen LogP contribution in [0.15, 0.2) is 48.5 Å². The number of benzene rings is 2. The van der Waals surface area contributed by atoms with E-state index in [2.05, 4.69) is 23.5 Å². The molecule has 0 saturated carbocycles. The maximum atomic E-state index is 11.6. The molecular formula is C22H28N2O6. The summed E-state index contributed by atoms with van der Waals surface area (Å²) in [6.07, 6.45) is 0. The molecule has 0 amide bonds. The van der Waals surface area contributed by atoms with Crippen LogP contribution in [0.2, 0.25) is 0 Å². The van der Waals surface area contributed by atoms with Gasteiger partial charge in [0, 0.05) is 19.2 Å². The van der Waals surface area contributed by atoms with Crippen LogP contribution in [0.3, 0.4) is 0 Å². The average Bonchev–Trinajstić information content (AvgIpc) is 2.72. The van der Waals surface area contributed by atoms with Gasteiger partial charge in [0.15, 0.2) is 0 Å². The number of nitrogens with two attached hydrogens (primary N) is 1. The number of nitrogen functional groups attached to an aromatic ring is 1. The van der Waals surface area contributed by atoms with E-state index in [9.17, 15) is 19.5 Å². The molecule has 2 rings (SSSR count). The van der Waals surface area contributed by atoms with Gasteiger partial charge in [0.2, 0.25) is 0 Å². The van der Waals surface area contributed by atoms with E-state index in [0.29, 0.717) is 17.9 Å². The minimum absolute atomic E-state index is 0.0160. The molecule has 0 bridgehead atoms. The van der Waals surface area contributed by atoms with Crippen molar-refractivity contribution in [2.24, 2.45) is 0 Å². The number of phenols is 1. The lowest BCUT2D eigenvalue weighted by atomic mass is 10.2. The summed E-state index contributed by atoms with van der Waals surface area (Å²) in [5.41, 5.74) is 6.71. The van der Waals surface area contributed by atoms with E-state index in [4.69, 9.17) is 10.5 Å². The Morgan fingerprint density at radius 1 is 0.967 bits per heavy atom. The molecule has 8 heteroatoms. The topological polar surface area (TPSA) is 119 Å². The van der Waals surface area contributed by atoms with Gasteiger partial charge in [0.05, 0.1) is 5.56 Å². The average molecular weight is 416 g/mol. The number of nitrogens with zero attached hydrogens (tertiary/aromatic N) is 1. The molecule has 0 aliphatic heterocycles. The zero-order valence-corrected chi connectivity index (χ0v) is 17.5. The number of hydrogen-bond donors (Lipinski definition) is 2. The second kappa shape index (κ2) is 12.9. The fourth-order valence-electron chi connectivity index (χ4n) is 2.34. The van der Waals surface area contributed by atoms with Crippen LogP contribution in [0.25, 0.3) is 0 Å². The summed E-state index contributed by atoms with van der Waals surface area (Å²) >= 11 is 0. The summed E-state index contributed by atoms with van der Waals surface area (Å²) in [7, 11) is 0. The maximum Gasteiger partial charge on any atom is 0.349 e. The van der Waals surface area contributed by atoms with Gasteiger partial charge in [-0.15, -0.1) is 0 Å². The first-order valence-electron chi connectivity index (χ1n) is 9.54. The Hall–Kier alpha value is -3.39. The first kappa shape index (κ1) is 24.6. The molecule has 8 nitrogen and oxygen atoms in total. The Morgan fingerprint density at radius 3 is 2.10 bits per heavy atom. The zero-order chi connectivity index (χ0) is 22.5. The fraction of sp³-hybridized carbons (Fsp3) is 0.318. The number of rotatable bonds is 7. The smallest absolute Gasteiger partial charge is 0.349 e. The molecular weight excluding hydrogens is 388 g/mol. The van der Waals surface area contributed by atoms with Crippen molar-refractivity contribution in [3.63, 3.8) is 0 Å². The van der Waals surface area contributed by atoms with Crippen molar-refractivity contribution >= 4 is 23.6 Å². The van der Waals surface area contributed by atoms with E-state index in [-0.39, 0.29) is 17.3 Å². The van der Waals surface area contributed by atoms with Crippen LogP contribution < -0.4 is 5.73 Å². The number of aromatic hydroxyl groups is 1. The van der Waals surface area contributed by atoms with E-state index >= 15 is 0 Å². The van der Waals surface area contributed by atoms with Gasteiger partial charge in [-0.05, 0) is 49.5 Å². The lowest BCUT2D eigenvalue weighted by Gasteiger charge is -2.17. The lowest BCUT2D eigenvalue weighted by molar-refractivity contribution is -0.135. The molecule has 0 saturated heterocycles. The molecule has 0 unspecified atom stereocenters. The standard InChI is InChI=1S/C13H20N2O2.C9H8O4/c1-3-15(4-2)9-10-17-13(16)11-5-7-12(14)8-6-11;1-6(10)13-9(12)7-4-2-3-5-8(7)11/h5-8H,3-4,9-10,14H2,1-2H3;2-5,11H,1H3. The quantitative estimate of drug-likeness (QED) is 0.402. The summed E-state index contributed by atoms with van der Waals surface area (Å²) < 4.78 is 9.46. The van der Waals surface area contributed by atoms with Crippen molar-refractivity contribution in [1.82, 2.24) is 4.90 Å². The molecule has 0 spiro atoms. The normalized spacial score (nSPS) is 10.0. The van der Waals surface area contributed by atoms with Crippen LogP contribution in [0.4, 0.5) is 5.69 Å². The Kier molecular flexibility index (Phi) is 10.6. The molecule has 2 aromatic carbocycles. The minimum Gasteiger partial charge on any atom is -0.507 e. The third kappa shape index (κ3) is 8.74. The van der Waals surface area contributed by atoms with Gasteiger partial charge in [-0.1, -0.05) is 26.0 Å². The van der Waals surface area contributed by atoms with Crippen molar-refractivity contribution in [2.45, 2.75) is 20.8 Å². The van der Waals surface area contributed by atoms with Gasteiger partial charge >= 0.3 is 17.9 Å². The Bertz CT molecular complexity index is 832. The number of carbonyl (C=O) groups excluding carboxylic acids is 3. The SMILES string of the molecule is CC(=O)OC(=O)c1ccccc1O.CCN(CC)CCOC(=O)c1ccc(N)cc1. The molecule has 3 N–H and O–H groups in total. The molecule has 162 valence electrons. The summed E-state index contributed by atoms with van der Waals surface area (Å²) in [5, 5.41) is 9.18. The lowest BCUT2D eigenvalue weighted by Crippen LogP contribution is -2.27. The monoisotopic (exact) mass is 416 g/mol. The van der Waals surface area contributed by atoms with Gasteiger partial charge < -0.3 is 25.2 Å². The first-order valence-corrected chi connectivity index (χ1v) is 9.54. The van der Waals surface area contributed by atoms with Crippen LogP contribution in [-0.4, -0.2) is 54.2 Å². The highest BCUT2D eigenvalue weighted by Crippen LogP contribution is 2.16. The van der Waals surface area contributed by atoms with Gasteiger partial charge in [-0.25, -0.2) is 9.59 Å². The second-order valence-electron chi connectivity index (χ2n) is 6.18. The third-order valence-corrected chi connectivity index (χ3v) is 4.04. The van der Waals surface area contributed by atoms with Crippen LogP contribution in [0.5, 0.6) is 5.75 Å². The maximum absolute atomic E-state index is 11.6. The molecule has 0 radical (unpaired) electrons. The highest BCUT2D eigenvalue weighted by atomic mass is 16.6. The fourth-order valence-corrected chi connectivity index (χ4v) is 2.34. The van der Waals surface area contributed by atoms with Crippen molar-refractivity contribution in [2.75, 3.05) is 32.0 Å².